The van der Waals surface area contributed by atoms with Crippen LogP contribution < -0.4 is 10.1 Å². The van der Waals surface area contributed by atoms with E-state index in [0.29, 0.717) is 28.2 Å². The Morgan fingerprint density at radius 1 is 1.02 bits per heavy atom. The minimum Gasteiger partial charge on any atom is -0.457 e. The van der Waals surface area contributed by atoms with Gasteiger partial charge in [0.15, 0.2) is 5.69 Å². The van der Waals surface area contributed by atoms with Gasteiger partial charge in [-0.05, 0) is 73.9 Å². The Kier molecular flexibility index (Phi) is 12.9. The van der Waals surface area contributed by atoms with Gasteiger partial charge in [-0.1, -0.05) is 81.2 Å². The van der Waals surface area contributed by atoms with E-state index in [-0.39, 0.29) is 44.8 Å². The molecule has 4 rings (SSSR count). The number of benzene rings is 3. The minimum absolute atomic E-state index is 0.0109. The molecule has 0 aromatic heterocycles. The molecule has 1 aliphatic carbocycles. The van der Waals surface area contributed by atoms with Crippen LogP contribution in [0.3, 0.4) is 0 Å². The second-order valence-electron chi connectivity index (χ2n) is 11.9. The highest BCUT2D eigenvalue weighted by Gasteiger charge is 2.62. The number of halogens is 2. The van der Waals surface area contributed by atoms with Crippen molar-refractivity contribution in [3.8, 4) is 17.6 Å². The van der Waals surface area contributed by atoms with Crippen molar-refractivity contribution in [3.63, 3.8) is 0 Å². The van der Waals surface area contributed by atoms with Gasteiger partial charge in [-0.2, -0.15) is 5.26 Å². The number of nitriles is 1. The first kappa shape index (κ1) is 37.8. The van der Waals surface area contributed by atoms with Crippen LogP contribution in [0.25, 0.3) is 0 Å². The zero-order valence-corrected chi connectivity index (χ0v) is 29.0. The van der Waals surface area contributed by atoms with Crippen LogP contribution in [0, 0.1) is 62.7 Å². The summed E-state index contributed by atoms with van der Waals surface area (Å²) in [5.74, 6) is 0.289. The van der Waals surface area contributed by atoms with Crippen LogP contribution in [0.4, 0.5) is 17.1 Å². The van der Waals surface area contributed by atoms with Crippen LogP contribution in [0.1, 0.15) is 63.3 Å². The highest BCUT2D eigenvalue weighted by Crippen LogP contribution is 2.60. The third-order valence-corrected chi connectivity index (χ3v) is 8.72. The molecule has 3 atom stereocenters. The van der Waals surface area contributed by atoms with Crippen molar-refractivity contribution in [2.45, 2.75) is 66.5 Å². The molecule has 3 aromatic carbocycles. The molecule has 1 aliphatic rings. The lowest BCUT2D eigenvalue weighted by Gasteiger charge is -2.17. The fraction of sp³-hybridized carbons (Fsp3) is 0.371. The summed E-state index contributed by atoms with van der Waals surface area (Å²) in [6, 6.07) is 19.6. The number of nitrogens with one attached hydrogen (secondary N) is 1. The van der Waals surface area contributed by atoms with Gasteiger partial charge in [-0.15, -0.1) is 0 Å². The Balaban J connectivity index is 0.000000277. The van der Waals surface area contributed by atoms with Crippen LogP contribution in [-0.4, -0.2) is 21.9 Å². The van der Waals surface area contributed by atoms with Crippen LogP contribution in [-0.2, 0) is 9.53 Å². The van der Waals surface area contributed by atoms with E-state index in [1.165, 1.54) is 6.07 Å². The molecule has 0 amide bonds. The third-order valence-electron chi connectivity index (χ3n) is 8.47. The van der Waals surface area contributed by atoms with Crippen molar-refractivity contribution in [3.05, 3.63) is 108 Å². The Morgan fingerprint density at radius 3 is 2.19 bits per heavy atom. The number of nitro groups is 2. The van der Waals surface area contributed by atoms with Crippen LogP contribution in [0.15, 0.2) is 71.2 Å². The van der Waals surface area contributed by atoms with Crippen molar-refractivity contribution in [1.82, 2.24) is 0 Å². The summed E-state index contributed by atoms with van der Waals surface area (Å²) in [6.45, 7) is 11.0. The molecule has 1 saturated carbocycles. The Hall–Kier alpha value is -4.66. The second-order valence-corrected chi connectivity index (χ2v) is 13.0. The van der Waals surface area contributed by atoms with Crippen LogP contribution >= 0.6 is 23.2 Å². The summed E-state index contributed by atoms with van der Waals surface area (Å²) in [5.41, 5.74) is 0.787. The summed E-state index contributed by atoms with van der Waals surface area (Å²) in [7, 11) is 0. The van der Waals surface area contributed by atoms with E-state index in [1.54, 1.807) is 44.2 Å². The van der Waals surface area contributed by atoms with Crippen LogP contribution in [0.2, 0.25) is 0 Å². The van der Waals surface area contributed by atoms with E-state index in [4.69, 9.17) is 32.7 Å². The summed E-state index contributed by atoms with van der Waals surface area (Å²) in [4.78, 5) is 33.9. The first-order valence-corrected chi connectivity index (χ1v) is 16.1. The lowest BCUT2D eigenvalue weighted by molar-refractivity contribution is -0.392. The molecule has 0 radical (unpaired) electrons. The Labute approximate surface area is 289 Å². The molecular formula is C35H38Cl2N4O7. The first-order valence-electron chi connectivity index (χ1n) is 15.3. The molecule has 0 bridgehead atoms. The van der Waals surface area contributed by atoms with E-state index in [2.05, 4.69) is 5.32 Å². The SMILES string of the molecule is CC1(C)C(C=C(Cl)Cl)C1C(=O)OC(C#N)c1cccc(Oc2ccccc2)c1.CCC(CC)Nc1c([N+](=O)[O-])cc(C)c(C)c1[N+](=O)[O-]. The van der Waals surface area contributed by atoms with Gasteiger partial charge in [0, 0.05) is 23.2 Å². The number of rotatable bonds is 12. The number of allylic oxidation sites excluding steroid dienone is 1. The molecule has 1 fully saturated rings. The summed E-state index contributed by atoms with van der Waals surface area (Å²) < 4.78 is 11.4. The van der Waals surface area contributed by atoms with E-state index in [0.717, 1.165) is 12.8 Å². The number of aryl methyl sites for hydroxylation is 1. The Morgan fingerprint density at radius 2 is 1.65 bits per heavy atom. The molecule has 11 nitrogen and oxygen atoms in total. The van der Waals surface area contributed by atoms with E-state index < -0.39 is 21.9 Å². The molecule has 0 spiro atoms. The maximum Gasteiger partial charge on any atom is 0.311 e. The number of carbonyl (C=O) groups excluding carboxylic acids is 1. The van der Waals surface area contributed by atoms with E-state index in [1.807, 2.05) is 64.1 Å². The van der Waals surface area contributed by atoms with Gasteiger partial charge in [0.25, 0.3) is 5.69 Å². The number of nitro benzene ring substituents is 2. The average Bonchev–Trinajstić information content (AvgIpc) is 3.58. The number of para-hydroxylation sites is 1. The quantitative estimate of drug-likeness (QED) is 0.110. The summed E-state index contributed by atoms with van der Waals surface area (Å²) in [5, 5.41) is 34.9. The average molecular weight is 698 g/mol. The van der Waals surface area contributed by atoms with Crippen molar-refractivity contribution in [1.29, 1.82) is 5.26 Å². The first-order chi connectivity index (χ1) is 22.7. The number of hydrogen-bond acceptors (Lipinski definition) is 9. The predicted molar refractivity (Wildman–Crippen MR) is 185 cm³/mol. The molecule has 48 heavy (non-hydrogen) atoms. The molecule has 13 heteroatoms. The maximum atomic E-state index is 12.6. The third kappa shape index (κ3) is 9.24. The highest BCUT2D eigenvalue weighted by molar-refractivity contribution is 6.55. The van der Waals surface area contributed by atoms with Crippen molar-refractivity contribution in [2.75, 3.05) is 5.32 Å². The molecule has 3 unspecified atom stereocenters. The Bertz CT molecular complexity index is 1720. The van der Waals surface area contributed by atoms with Gasteiger partial charge in [-0.3, -0.25) is 25.0 Å². The van der Waals surface area contributed by atoms with E-state index in [9.17, 15) is 30.3 Å². The molecule has 0 aliphatic heterocycles. The van der Waals surface area contributed by atoms with Crippen molar-refractivity contribution < 1.29 is 24.1 Å². The van der Waals surface area contributed by atoms with Gasteiger partial charge >= 0.3 is 11.7 Å². The van der Waals surface area contributed by atoms with Crippen molar-refractivity contribution >= 4 is 46.2 Å². The van der Waals surface area contributed by atoms with Gasteiger partial charge < -0.3 is 14.8 Å². The molecule has 3 aromatic rings. The largest absolute Gasteiger partial charge is 0.457 e. The van der Waals surface area contributed by atoms with Gasteiger partial charge in [0.05, 0.1) is 15.8 Å². The van der Waals surface area contributed by atoms with Crippen molar-refractivity contribution in [2.24, 2.45) is 17.3 Å². The lowest BCUT2D eigenvalue weighted by atomic mass is 10.0. The zero-order chi connectivity index (χ0) is 35.8. The van der Waals surface area contributed by atoms with Gasteiger partial charge in [0.2, 0.25) is 6.10 Å². The molecule has 0 heterocycles. The molecular weight excluding hydrogens is 659 g/mol. The number of ether oxygens (including phenoxy) is 2. The normalized spacial score (nSPS) is 16.3. The monoisotopic (exact) mass is 696 g/mol. The van der Waals surface area contributed by atoms with E-state index >= 15 is 0 Å². The minimum atomic E-state index is -1.03. The lowest BCUT2D eigenvalue weighted by Crippen LogP contribution is -2.19. The smallest absolute Gasteiger partial charge is 0.311 e. The number of nitrogens with zero attached hydrogens (tertiary/aromatic N) is 3. The number of esters is 1. The highest BCUT2D eigenvalue weighted by atomic mass is 35.5. The predicted octanol–water partition coefficient (Wildman–Crippen LogP) is 9.90. The molecule has 0 saturated heterocycles. The number of hydrogen-bond donors (Lipinski definition) is 1. The standard InChI is InChI=1S/C22H19Cl2NO3.C13H19N3O4/c1-22(2)17(12-19(23)24)20(22)21(26)28-18(13-25)14-7-6-10-16(11-14)27-15-8-4-3-5-9-15;1-5-10(6-2)14-12-11(15(17)18)7-8(3)9(4)13(12)16(19)20/h3-12,17-18,20H,1-2H3;7,10,14H,5-6H2,1-4H3. The molecule has 254 valence electrons. The fourth-order valence-electron chi connectivity index (χ4n) is 5.39. The maximum absolute atomic E-state index is 12.6. The number of carbonyl (C=O) groups is 1. The summed E-state index contributed by atoms with van der Waals surface area (Å²) in [6.07, 6.45) is 2.08. The summed E-state index contributed by atoms with van der Waals surface area (Å²) >= 11 is 11.5. The van der Waals surface area contributed by atoms with Crippen LogP contribution in [0.5, 0.6) is 11.5 Å². The molecule has 1 N–H and O–H groups in total. The topological polar surface area (TPSA) is 158 Å². The number of anilines is 1. The van der Waals surface area contributed by atoms with Gasteiger partial charge in [0.1, 0.15) is 22.1 Å². The second kappa shape index (κ2) is 16.4. The van der Waals surface area contributed by atoms with Gasteiger partial charge in [-0.25, -0.2) is 0 Å². The fourth-order valence-corrected chi connectivity index (χ4v) is 5.66. The zero-order valence-electron chi connectivity index (χ0n) is 27.5.